The fourth-order valence-corrected chi connectivity index (χ4v) is 1.50. The summed E-state index contributed by atoms with van der Waals surface area (Å²) in [5, 5.41) is 5.50. The van der Waals surface area contributed by atoms with Gasteiger partial charge in [0.1, 0.15) is 6.04 Å². The Kier molecular flexibility index (Phi) is 4.55. The maximum Gasteiger partial charge on any atom is 0.242 e. The van der Waals surface area contributed by atoms with Gasteiger partial charge in [-0.05, 0) is 19.3 Å². The maximum atomic E-state index is 11.5. The third kappa shape index (κ3) is 3.51. The molecule has 0 aromatic rings. The number of carbonyl (C=O) groups is 2. The number of rotatable bonds is 3. The molecule has 1 heterocycles. The van der Waals surface area contributed by atoms with Gasteiger partial charge in [-0.1, -0.05) is 6.92 Å². The lowest BCUT2D eigenvalue weighted by atomic mass is 10.1. The van der Waals surface area contributed by atoms with Crippen LogP contribution < -0.4 is 16.4 Å². The lowest BCUT2D eigenvalue weighted by molar-refractivity contribution is -0.130. The van der Waals surface area contributed by atoms with E-state index in [0.717, 1.165) is 19.3 Å². The topological polar surface area (TPSA) is 84.2 Å². The lowest BCUT2D eigenvalue weighted by Crippen LogP contribution is -2.47. The quantitative estimate of drug-likeness (QED) is 0.583. The molecule has 0 aliphatic carbocycles. The molecule has 0 bridgehead atoms. The number of nitrogens with one attached hydrogen (secondary N) is 2. The van der Waals surface area contributed by atoms with Gasteiger partial charge in [0.2, 0.25) is 11.8 Å². The molecule has 0 saturated carbocycles. The number of nitrogens with two attached hydrogens (primary N) is 1. The average Bonchev–Trinajstić information content (AvgIpc) is 2.43. The molecule has 0 radical (unpaired) electrons. The summed E-state index contributed by atoms with van der Waals surface area (Å²) in [6.45, 7) is 2.77. The standard InChI is InChI=1S/C10H19N3O2/c1-7(6-11)9(14)13-8-4-2-3-5-12-10(8)15/h7-8H,2-6,11H2,1H3,(H,12,15)(H,13,14). The van der Waals surface area contributed by atoms with Crippen LogP contribution in [0.4, 0.5) is 0 Å². The second-order valence-corrected chi connectivity index (χ2v) is 3.98. The van der Waals surface area contributed by atoms with Crippen LogP contribution in [0, 0.1) is 5.92 Å². The SMILES string of the molecule is CC(CN)C(=O)NC1CCCCNC1=O. The predicted octanol–water partition coefficient (Wildman–Crippen LogP) is -0.634. The Labute approximate surface area is 89.8 Å². The Hall–Kier alpha value is -1.10. The summed E-state index contributed by atoms with van der Waals surface area (Å²) in [4.78, 5) is 23.0. The molecular weight excluding hydrogens is 194 g/mol. The van der Waals surface area contributed by atoms with E-state index in [0.29, 0.717) is 13.1 Å². The minimum atomic E-state index is -0.381. The van der Waals surface area contributed by atoms with Crippen molar-refractivity contribution in [3.05, 3.63) is 0 Å². The first-order valence-electron chi connectivity index (χ1n) is 5.43. The Bertz CT molecular complexity index is 243. The Morgan fingerprint density at radius 3 is 3.07 bits per heavy atom. The molecule has 2 unspecified atom stereocenters. The van der Waals surface area contributed by atoms with E-state index in [9.17, 15) is 9.59 Å². The van der Waals surface area contributed by atoms with Crippen molar-refractivity contribution in [2.75, 3.05) is 13.1 Å². The van der Waals surface area contributed by atoms with Crippen molar-refractivity contribution in [2.45, 2.75) is 32.2 Å². The molecule has 5 nitrogen and oxygen atoms in total. The second kappa shape index (κ2) is 5.70. The molecule has 0 aromatic carbocycles. The molecule has 1 saturated heterocycles. The Morgan fingerprint density at radius 1 is 1.67 bits per heavy atom. The van der Waals surface area contributed by atoms with Gasteiger partial charge >= 0.3 is 0 Å². The van der Waals surface area contributed by atoms with Gasteiger partial charge in [0.15, 0.2) is 0 Å². The van der Waals surface area contributed by atoms with Crippen LogP contribution in [0.15, 0.2) is 0 Å². The van der Waals surface area contributed by atoms with Crippen LogP contribution >= 0.6 is 0 Å². The van der Waals surface area contributed by atoms with Gasteiger partial charge < -0.3 is 16.4 Å². The van der Waals surface area contributed by atoms with E-state index in [4.69, 9.17) is 5.73 Å². The summed E-state index contributed by atoms with van der Waals surface area (Å²) in [5.41, 5.74) is 5.38. The first-order valence-corrected chi connectivity index (χ1v) is 5.43. The molecule has 0 spiro atoms. The van der Waals surface area contributed by atoms with Crippen molar-refractivity contribution in [1.29, 1.82) is 0 Å². The summed E-state index contributed by atoms with van der Waals surface area (Å²) in [6.07, 6.45) is 2.65. The van der Waals surface area contributed by atoms with Crippen molar-refractivity contribution in [1.82, 2.24) is 10.6 Å². The highest BCUT2D eigenvalue weighted by Gasteiger charge is 2.23. The zero-order valence-electron chi connectivity index (χ0n) is 9.08. The third-order valence-corrected chi connectivity index (χ3v) is 2.65. The van der Waals surface area contributed by atoms with E-state index in [1.54, 1.807) is 6.92 Å². The summed E-state index contributed by atoms with van der Waals surface area (Å²) in [6, 6.07) is -0.381. The van der Waals surface area contributed by atoms with Gasteiger partial charge in [-0.2, -0.15) is 0 Å². The Morgan fingerprint density at radius 2 is 2.40 bits per heavy atom. The molecule has 4 N–H and O–H groups in total. The average molecular weight is 213 g/mol. The van der Waals surface area contributed by atoms with Crippen LogP contribution in [0.5, 0.6) is 0 Å². The molecule has 1 aliphatic heterocycles. The highest BCUT2D eigenvalue weighted by Crippen LogP contribution is 2.06. The van der Waals surface area contributed by atoms with Crippen molar-refractivity contribution in [3.8, 4) is 0 Å². The van der Waals surface area contributed by atoms with Gasteiger partial charge in [0.25, 0.3) is 0 Å². The summed E-state index contributed by atoms with van der Waals surface area (Å²) in [7, 11) is 0. The van der Waals surface area contributed by atoms with Gasteiger partial charge in [0, 0.05) is 19.0 Å². The number of hydrogen-bond donors (Lipinski definition) is 3. The third-order valence-electron chi connectivity index (χ3n) is 2.65. The molecule has 5 heteroatoms. The van der Waals surface area contributed by atoms with E-state index in [1.165, 1.54) is 0 Å². The molecule has 2 atom stereocenters. The first-order chi connectivity index (χ1) is 7.15. The number of carbonyl (C=O) groups excluding carboxylic acids is 2. The van der Waals surface area contributed by atoms with Crippen LogP contribution in [0.25, 0.3) is 0 Å². The molecule has 86 valence electrons. The van der Waals surface area contributed by atoms with E-state index in [2.05, 4.69) is 10.6 Å². The van der Waals surface area contributed by atoms with Gasteiger partial charge in [-0.25, -0.2) is 0 Å². The van der Waals surface area contributed by atoms with Gasteiger partial charge in [-0.3, -0.25) is 9.59 Å². The minimum absolute atomic E-state index is 0.0786. The van der Waals surface area contributed by atoms with Crippen LogP contribution in [-0.4, -0.2) is 30.9 Å². The second-order valence-electron chi connectivity index (χ2n) is 3.98. The summed E-state index contributed by atoms with van der Waals surface area (Å²) < 4.78 is 0. The zero-order chi connectivity index (χ0) is 11.3. The van der Waals surface area contributed by atoms with Gasteiger partial charge in [0.05, 0.1) is 0 Å². The fourth-order valence-electron chi connectivity index (χ4n) is 1.50. The van der Waals surface area contributed by atoms with E-state index in [-0.39, 0.29) is 23.8 Å². The number of hydrogen-bond acceptors (Lipinski definition) is 3. The molecule has 1 rings (SSSR count). The van der Waals surface area contributed by atoms with Crippen LogP contribution in [0.3, 0.4) is 0 Å². The normalized spacial score (nSPS) is 23.9. The summed E-state index contributed by atoms with van der Waals surface area (Å²) >= 11 is 0. The molecular formula is C10H19N3O2. The lowest BCUT2D eigenvalue weighted by Gasteiger charge is -2.17. The van der Waals surface area contributed by atoms with Crippen LogP contribution in [0.2, 0.25) is 0 Å². The van der Waals surface area contributed by atoms with Gasteiger partial charge in [-0.15, -0.1) is 0 Å². The first kappa shape index (κ1) is 12.0. The predicted molar refractivity (Wildman–Crippen MR) is 57.0 cm³/mol. The molecule has 1 fully saturated rings. The fraction of sp³-hybridized carbons (Fsp3) is 0.800. The summed E-state index contributed by atoms with van der Waals surface area (Å²) in [5.74, 6) is -0.453. The highest BCUT2D eigenvalue weighted by atomic mass is 16.2. The monoisotopic (exact) mass is 213 g/mol. The molecule has 15 heavy (non-hydrogen) atoms. The van der Waals surface area contributed by atoms with Crippen molar-refractivity contribution < 1.29 is 9.59 Å². The number of amides is 2. The minimum Gasteiger partial charge on any atom is -0.354 e. The Balaban J connectivity index is 2.47. The van der Waals surface area contributed by atoms with Crippen LogP contribution in [-0.2, 0) is 9.59 Å². The smallest absolute Gasteiger partial charge is 0.242 e. The van der Waals surface area contributed by atoms with Crippen molar-refractivity contribution >= 4 is 11.8 Å². The largest absolute Gasteiger partial charge is 0.354 e. The van der Waals surface area contributed by atoms with E-state index >= 15 is 0 Å². The van der Waals surface area contributed by atoms with Crippen LogP contribution in [0.1, 0.15) is 26.2 Å². The zero-order valence-corrected chi connectivity index (χ0v) is 9.08. The molecule has 0 aromatic heterocycles. The molecule has 2 amide bonds. The maximum absolute atomic E-state index is 11.5. The van der Waals surface area contributed by atoms with E-state index < -0.39 is 0 Å². The van der Waals surface area contributed by atoms with E-state index in [1.807, 2.05) is 0 Å². The molecule has 1 aliphatic rings. The van der Waals surface area contributed by atoms with Crippen molar-refractivity contribution in [2.24, 2.45) is 11.7 Å². The highest BCUT2D eigenvalue weighted by molar-refractivity contribution is 5.88. The van der Waals surface area contributed by atoms with Crippen molar-refractivity contribution in [3.63, 3.8) is 0 Å².